The minimum absolute atomic E-state index is 0.0420. The highest BCUT2D eigenvalue weighted by atomic mass is 79.9. The van der Waals surface area contributed by atoms with Crippen molar-refractivity contribution in [3.63, 3.8) is 0 Å². The number of halogens is 1. The molecule has 4 N–H and O–H groups in total. The number of benzene rings is 2. The number of amidine groups is 1. The van der Waals surface area contributed by atoms with Crippen LogP contribution in [-0.4, -0.2) is 16.1 Å². The molecule has 2 rings (SSSR count). The van der Waals surface area contributed by atoms with Crippen LogP contribution in [0.4, 0.5) is 0 Å². The number of rotatable bonds is 4. The van der Waals surface area contributed by atoms with E-state index in [1.165, 1.54) is 0 Å². The standard InChI is InChI=1S/C14H13BrN2O3/c15-10-4-5-13(12(7-10)14(16)17-19)20-11-3-1-2-9(6-11)8-18/h1-7,18-19H,8H2,(H2,16,17). The molecule has 5 nitrogen and oxygen atoms in total. The van der Waals surface area contributed by atoms with Gasteiger partial charge in [0, 0.05) is 4.47 Å². The number of oxime groups is 1. The lowest BCUT2D eigenvalue weighted by Gasteiger charge is -2.11. The lowest BCUT2D eigenvalue weighted by Crippen LogP contribution is -2.14. The zero-order chi connectivity index (χ0) is 14.5. The van der Waals surface area contributed by atoms with Crippen molar-refractivity contribution in [2.24, 2.45) is 10.9 Å². The maximum absolute atomic E-state index is 9.11. The quantitative estimate of drug-likeness (QED) is 0.346. The lowest BCUT2D eigenvalue weighted by molar-refractivity contribution is 0.281. The molecule has 6 heteroatoms. The number of ether oxygens (including phenoxy) is 1. The van der Waals surface area contributed by atoms with Crippen molar-refractivity contribution in [2.45, 2.75) is 6.61 Å². The molecule has 2 aromatic carbocycles. The highest BCUT2D eigenvalue weighted by Crippen LogP contribution is 2.28. The Morgan fingerprint density at radius 2 is 2.05 bits per heavy atom. The molecule has 0 unspecified atom stereocenters. The van der Waals surface area contributed by atoms with Crippen molar-refractivity contribution in [1.29, 1.82) is 0 Å². The molecule has 0 fully saturated rings. The van der Waals surface area contributed by atoms with Gasteiger partial charge in [-0.15, -0.1) is 0 Å². The Labute approximate surface area is 124 Å². The second kappa shape index (κ2) is 6.40. The van der Waals surface area contributed by atoms with Gasteiger partial charge < -0.3 is 20.8 Å². The maximum Gasteiger partial charge on any atom is 0.173 e. The van der Waals surface area contributed by atoms with Gasteiger partial charge >= 0.3 is 0 Å². The number of hydrogen-bond acceptors (Lipinski definition) is 4. The number of nitrogens with two attached hydrogens (primary N) is 1. The predicted octanol–water partition coefficient (Wildman–Crippen LogP) is 2.83. The Morgan fingerprint density at radius 3 is 2.75 bits per heavy atom. The molecule has 0 amide bonds. The summed E-state index contributed by atoms with van der Waals surface area (Å²) in [5, 5.41) is 20.9. The zero-order valence-corrected chi connectivity index (χ0v) is 12.0. The van der Waals surface area contributed by atoms with Crippen LogP contribution in [0.15, 0.2) is 52.1 Å². The molecule has 0 aliphatic heterocycles. The number of hydrogen-bond donors (Lipinski definition) is 3. The zero-order valence-electron chi connectivity index (χ0n) is 10.5. The van der Waals surface area contributed by atoms with Crippen LogP contribution in [0.5, 0.6) is 11.5 Å². The predicted molar refractivity (Wildman–Crippen MR) is 79.1 cm³/mol. The smallest absolute Gasteiger partial charge is 0.173 e. The van der Waals surface area contributed by atoms with Crippen LogP contribution >= 0.6 is 15.9 Å². The molecule has 0 saturated carbocycles. The van der Waals surface area contributed by atoms with Gasteiger partial charge in [0.2, 0.25) is 0 Å². The Bertz CT molecular complexity index is 644. The third kappa shape index (κ3) is 3.28. The van der Waals surface area contributed by atoms with E-state index in [-0.39, 0.29) is 12.4 Å². The van der Waals surface area contributed by atoms with Crippen molar-refractivity contribution in [3.05, 3.63) is 58.1 Å². The molecule has 0 atom stereocenters. The van der Waals surface area contributed by atoms with Crippen LogP contribution in [-0.2, 0) is 6.61 Å². The van der Waals surface area contributed by atoms with Gasteiger partial charge in [-0.05, 0) is 35.9 Å². The van der Waals surface area contributed by atoms with Gasteiger partial charge in [0.1, 0.15) is 11.5 Å². The van der Waals surface area contributed by atoms with Crippen LogP contribution in [0.3, 0.4) is 0 Å². The van der Waals surface area contributed by atoms with Crippen molar-refractivity contribution in [3.8, 4) is 11.5 Å². The summed E-state index contributed by atoms with van der Waals surface area (Å²) in [6, 6.07) is 12.2. The van der Waals surface area contributed by atoms with Gasteiger partial charge in [-0.25, -0.2) is 0 Å². The third-order valence-electron chi connectivity index (χ3n) is 2.63. The SMILES string of the molecule is N/C(=N/O)c1cc(Br)ccc1Oc1cccc(CO)c1. The lowest BCUT2D eigenvalue weighted by atomic mass is 10.2. The Morgan fingerprint density at radius 1 is 1.25 bits per heavy atom. The molecule has 0 bridgehead atoms. The van der Waals surface area contributed by atoms with Crippen LogP contribution in [0.25, 0.3) is 0 Å². The number of aliphatic hydroxyl groups excluding tert-OH is 1. The first-order valence-electron chi connectivity index (χ1n) is 5.79. The fourth-order valence-electron chi connectivity index (χ4n) is 1.68. The number of aliphatic hydroxyl groups is 1. The largest absolute Gasteiger partial charge is 0.457 e. The van der Waals surface area contributed by atoms with E-state index < -0.39 is 0 Å². The maximum atomic E-state index is 9.11. The average Bonchev–Trinajstić information content (AvgIpc) is 2.48. The van der Waals surface area contributed by atoms with Gasteiger partial charge in [-0.1, -0.05) is 33.2 Å². The molecule has 2 aromatic rings. The summed E-state index contributed by atoms with van der Waals surface area (Å²) in [6.45, 7) is -0.0648. The fraction of sp³-hybridized carbons (Fsp3) is 0.0714. The summed E-state index contributed by atoms with van der Waals surface area (Å²) in [7, 11) is 0. The Hall–Kier alpha value is -2.05. The van der Waals surface area contributed by atoms with Gasteiger partial charge in [0.15, 0.2) is 5.84 Å². The van der Waals surface area contributed by atoms with E-state index in [1.54, 1.807) is 42.5 Å². The summed E-state index contributed by atoms with van der Waals surface area (Å²) >= 11 is 3.32. The molecular formula is C14H13BrN2O3. The summed E-state index contributed by atoms with van der Waals surface area (Å²) in [5.74, 6) is 0.976. The van der Waals surface area contributed by atoms with E-state index in [0.717, 1.165) is 10.0 Å². The second-order valence-electron chi connectivity index (χ2n) is 4.03. The molecule has 104 valence electrons. The summed E-state index contributed by atoms with van der Waals surface area (Å²) in [6.07, 6.45) is 0. The van der Waals surface area contributed by atoms with E-state index in [0.29, 0.717) is 17.1 Å². The topological polar surface area (TPSA) is 88.1 Å². The highest BCUT2D eigenvalue weighted by Gasteiger charge is 2.10. The van der Waals surface area contributed by atoms with Crippen LogP contribution in [0.1, 0.15) is 11.1 Å². The average molecular weight is 337 g/mol. The monoisotopic (exact) mass is 336 g/mol. The normalized spacial score (nSPS) is 11.4. The van der Waals surface area contributed by atoms with Crippen molar-refractivity contribution < 1.29 is 15.1 Å². The van der Waals surface area contributed by atoms with E-state index >= 15 is 0 Å². The molecule has 0 spiro atoms. The fourth-order valence-corrected chi connectivity index (χ4v) is 2.04. The van der Waals surface area contributed by atoms with E-state index in [2.05, 4.69) is 21.1 Å². The molecular weight excluding hydrogens is 324 g/mol. The first-order chi connectivity index (χ1) is 9.63. The summed E-state index contributed by atoms with van der Waals surface area (Å²) in [4.78, 5) is 0. The highest BCUT2D eigenvalue weighted by molar-refractivity contribution is 9.10. The van der Waals surface area contributed by atoms with Crippen molar-refractivity contribution in [1.82, 2.24) is 0 Å². The Balaban J connectivity index is 2.37. The van der Waals surface area contributed by atoms with Crippen LogP contribution in [0.2, 0.25) is 0 Å². The summed E-state index contributed by atoms with van der Waals surface area (Å²) in [5.41, 5.74) is 6.84. The van der Waals surface area contributed by atoms with Crippen LogP contribution < -0.4 is 10.5 Å². The van der Waals surface area contributed by atoms with E-state index in [9.17, 15) is 0 Å². The molecule has 0 heterocycles. The van der Waals surface area contributed by atoms with E-state index in [1.807, 2.05) is 0 Å². The summed E-state index contributed by atoms with van der Waals surface area (Å²) < 4.78 is 6.51. The van der Waals surface area contributed by atoms with E-state index in [4.69, 9.17) is 20.8 Å². The van der Waals surface area contributed by atoms with Gasteiger partial charge in [-0.2, -0.15) is 0 Å². The minimum atomic E-state index is -0.0648. The Kier molecular flexibility index (Phi) is 4.60. The van der Waals surface area contributed by atoms with Crippen LogP contribution in [0, 0.1) is 0 Å². The minimum Gasteiger partial charge on any atom is -0.457 e. The number of nitrogens with zero attached hydrogens (tertiary/aromatic N) is 1. The molecule has 0 saturated heterocycles. The van der Waals surface area contributed by atoms with Crippen molar-refractivity contribution in [2.75, 3.05) is 0 Å². The molecule has 0 aliphatic carbocycles. The first kappa shape index (κ1) is 14.4. The molecule has 0 aliphatic rings. The third-order valence-corrected chi connectivity index (χ3v) is 3.13. The van der Waals surface area contributed by atoms with Crippen molar-refractivity contribution >= 4 is 21.8 Å². The molecule has 0 aromatic heterocycles. The molecule has 20 heavy (non-hydrogen) atoms. The van der Waals surface area contributed by atoms with Gasteiger partial charge in [-0.3, -0.25) is 0 Å². The van der Waals surface area contributed by atoms with Gasteiger partial charge in [0.05, 0.1) is 12.2 Å². The second-order valence-corrected chi connectivity index (χ2v) is 4.95. The van der Waals surface area contributed by atoms with Gasteiger partial charge in [0.25, 0.3) is 0 Å². The molecule has 0 radical (unpaired) electrons. The first-order valence-corrected chi connectivity index (χ1v) is 6.58.